The van der Waals surface area contributed by atoms with Gasteiger partial charge in [0.25, 0.3) is 10.1 Å². The van der Waals surface area contributed by atoms with E-state index >= 15 is 0 Å². The summed E-state index contributed by atoms with van der Waals surface area (Å²) >= 11 is 0. The zero-order valence-electron chi connectivity index (χ0n) is 13.5. The van der Waals surface area contributed by atoms with Gasteiger partial charge < -0.3 is 0 Å². The third kappa shape index (κ3) is 6.40. The average molecular weight is 371 g/mol. The minimum Gasteiger partial charge on any atom is -0.265 e. The molecule has 0 aromatic heterocycles. The number of rotatable bonds is 9. The maximum Gasteiger partial charge on any atom is 0.297 e. The summed E-state index contributed by atoms with van der Waals surface area (Å²) in [5, 5.41) is 0. The summed E-state index contributed by atoms with van der Waals surface area (Å²) in [4.78, 5) is 0.101. The molecular formula is C16H21NO5S2. The normalized spacial score (nSPS) is 13.8. The van der Waals surface area contributed by atoms with Crippen LogP contribution in [0, 0.1) is 0 Å². The van der Waals surface area contributed by atoms with Crippen LogP contribution in [0.25, 0.3) is 0 Å². The molecule has 0 radical (unpaired) electrons. The van der Waals surface area contributed by atoms with E-state index in [1.165, 1.54) is 24.3 Å². The molecule has 0 bridgehead atoms. The van der Waals surface area contributed by atoms with Crippen molar-refractivity contribution in [1.29, 1.82) is 0 Å². The Kier molecular flexibility index (Phi) is 8.06. The molecule has 132 valence electrons. The van der Waals surface area contributed by atoms with E-state index in [2.05, 4.69) is 4.72 Å². The molecule has 1 aromatic rings. The number of allylic oxidation sites excluding steroid dienone is 5. The Morgan fingerprint density at radius 2 is 1.75 bits per heavy atom. The maximum absolute atomic E-state index is 12.2. The largest absolute Gasteiger partial charge is 0.297 e. The van der Waals surface area contributed by atoms with Crippen LogP contribution < -0.4 is 4.72 Å². The number of benzene rings is 1. The molecule has 0 spiro atoms. The Hall–Kier alpha value is -1.74. The van der Waals surface area contributed by atoms with Gasteiger partial charge in [0.15, 0.2) is 0 Å². The first-order valence-corrected chi connectivity index (χ1v) is 10.1. The SMILES string of the molecule is C\C=C/C=C(\C=C/C)S(=O)(=O)NCCOS(=O)(=O)c1ccccc1. The lowest BCUT2D eigenvalue weighted by Crippen LogP contribution is -2.28. The van der Waals surface area contributed by atoms with Gasteiger partial charge in [-0.15, -0.1) is 0 Å². The summed E-state index contributed by atoms with van der Waals surface area (Å²) in [5.74, 6) is 0. The van der Waals surface area contributed by atoms with Crippen molar-refractivity contribution >= 4 is 20.1 Å². The lowest BCUT2D eigenvalue weighted by molar-refractivity contribution is 0.323. The number of hydrogen-bond acceptors (Lipinski definition) is 5. The first-order chi connectivity index (χ1) is 11.3. The Morgan fingerprint density at radius 3 is 2.33 bits per heavy atom. The van der Waals surface area contributed by atoms with Crippen LogP contribution in [0.5, 0.6) is 0 Å². The van der Waals surface area contributed by atoms with E-state index in [4.69, 9.17) is 4.18 Å². The van der Waals surface area contributed by atoms with Gasteiger partial charge >= 0.3 is 0 Å². The molecule has 0 aliphatic rings. The third-order valence-electron chi connectivity index (χ3n) is 2.76. The van der Waals surface area contributed by atoms with Gasteiger partial charge in [0.2, 0.25) is 10.0 Å². The fraction of sp³-hybridized carbons (Fsp3) is 0.250. The van der Waals surface area contributed by atoms with E-state index in [0.29, 0.717) is 0 Å². The van der Waals surface area contributed by atoms with Crippen molar-refractivity contribution in [2.75, 3.05) is 13.2 Å². The Balaban J connectivity index is 2.66. The molecule has 0 heterocycles. The maximum atomic E-state index is 12.2. The highest BCUT2D eigenvalue weighted by molar-refractivity contribution is 7.93. The molecule has 0 saturated heterocycles. The molecule has 0 unspecified atom stereocenters. The van der Waals surface area contributed by atoms with E-state index < -0.39 is 20.1 Å². The Morgan fingerprint density at radius 1 is 1.08 bits per heavy atom. The molecule has 0 saturated carbocycles. The van der Waals surface area contributed by atoms with Crippen molar-refractivity contribution in [3.8, 4) is 0 Å². The summed E-state index contributed by atoms with van der Waals surface area (Å²) < 4.78 is 55.2. The molecule has 0 aliphatic carbocycles. The molecule has 8 heteroatoms. The lowest BCUT2D eigenvalue weighted by atomic mass is 10.4. The quantitative estimate of drug-likeness (QED) is 0.409. The standard InChI is InChI=1S/C16H21NO5S2/c1-3-5-10-15(9-4-2)23(18,19)17-13-14-22-24(20,21)16-11-7-6-8-12-16/h3-12,17H,13-14H2,1-2H3/b5-3-,9-4-,15-10+. The van der Waals surface area contributed by atoms with Crippen molar-refractivity contribution in [2.24, 2.45) is 0 Å². The second-order valence-corrected chi connectivity index (χ2v) is 7.96. The van der Waals surface area contributed by atoms with Gasteiger partial charge in [-0.25, -0.2) is 13.1 Å². The zero-order chi connectivity index (χ0) is 18.1. The number of hydrogen-bond donors (Lipinski definition) is 1. The number of nitrogens with one attached hydrogen (secondary N) is 1. The zero-order valence-corrected chi connectivity index (χ0v) is 15.2. The van der Waals surface area contributed by atoms with Crippen molar-refractivity contribution in [2.45, 2.75) is 18.7 Å². The minimum absolute atomic E-state index is 0.0236. The van der Waals surface area contributed by atoms with Gasteiger partial charge in [-0.05, 0) is 38.1 Å². The van der Waals surface area contributed by atoms with Crippen LogP contribution in [0.15, 0.2) is 70.5 Å². The summed E-state index contributed by atoms with van der Waals surface area (Å²) in [6, 6.07) is 7.66. The molecule has 0 fully saturated rings. The Labute approximate surface area is 143 Å². The van der Waals surface area contributed by atoms with Crippen molar-refractivity contribution in [3.63, 3.8) is 0 Å². The summed E-state index contributed by atoms with van der Waals surface area (Å²) in [6.45, 7) is 3.00. The monoisotopic (exact) mass is 371 g/mol. The van der Waals surface area contributed by atoms with Crippen LogP contribution in [0.1, 0.15) is 13.8 Å². The average Bonchev–Trinajstić information content (AvgIpc) is 2.56. The first kappa shape index (κ1) is 20.3. The molecule has 0 amide bonds. The molecule has 1 N–H and O–H groups in total. The first-order valence-electron chi connectivity index (χ1n) is 7.23. The topological polar surface area (TPSA) is 89.5 Å². The van der Waals surface area contributed by atoms with Crippen molar-refractivity contribution in [1.82, 2.24) is 4.72 Å². The van der Waals surface area contributed by atoms with Crippen LogP contribution in [-0.4, -0.2) is 30.0 Å². The third-order valence-corrected chi connectivity index (χ3v) is 5.56. The fourth-order valence-electron chi connectivity index (χ4n) is 1.66. The highest BCUT2D eigenvalue weighted by Gasteiger charge is 2.17. The molecular weight excluding hydrogens is 350 g/mol. The van der Waals surface area contributed by atoms with E-state index in [9.17, 15) is 16.8 Å². The molecule has 6 nitrogen and oxygen atoms in total. The highest BCUT2D eigenvalue weighted by atomic mass is 32.2. The second kappa shape index (κ2) is 9.53. The van der Waals surface area contributed by atoms with E-state index in [1.807, 2.05) is 0 Å². The summed E-state index contributed by atoms with van der Waals surface area (Å²) in [6.07, 6.45) is 7.80. The molecule has 0 aliphatic heterocycles. The lowest BCUT2D eigenvalue weighted by Gasteiger charge is -2.08. The highest BCUT2D eigenvalue weighted by Crippen LogP contribution is 2.11. The van der Waals surface area contributed by atoms with Gasteiger partial charge in [0.1, 0.15) is 0 Å². The molecule has 24 heavy (non-hydrogen) atoms. The van der Waals surface area contributed by atoms with E-state index in [0.717, 1.165) is 0 Å². The van der Waals surface area contributed by atoms with Crippen molar-refractivity contribution in [3.05, 3.63) is 65.6 Å². The second-order valence-electron chi connectivity index (χ2n) is 4.58. The molecule has 1 aromatic carbocycles. The van der Waals surface area contributed by atoms with Gasteiger partial charge in [-0.3, -0.25) is 4.18 Å². The Bertz CT molecular complexity index is 807. The minimum atomic E-state index is -3.90. The van der Waals surface area contributed by atoms with Gasteiger partial charge in [-0.1, -0.05) is 36.4 Å². The van der Waals surface area contributed by atoms with Crippen LogP contribution in [-0.2, 0) is 24.3 Å². The van der Waals surface area contributed by atoms with Crippen molar-refractivity contribution < 1.29 is 21.0 Å². The van der Waals surface area contributed by atoms with E-state index in [1.54, 1.807) is 50.3 Å². The molecule has 0 atom stereocenters. The van der Waals surface area contributed by atoms with Crippen LogP contribution >= 0.6 is 0 Å². The van der Waals surface area contributed by atoms with Gasteiger partial charge in [-0.2, -0.15) is 8.42 Å². The summed E-state index contributed by atoms with van der Waals surface area (Å²) in [5.41, 5.74) is 0. The predicted octanol–water partition coefficient (Wildman–Crippen LogP) is 2.35. The number of sulfonamides is 1. The van der Waals surface area contributed by atoms with Gasteiger partial charge in [0.05, 0.1) is 16.4 Å². The summed E-state index contributed by atoms with van der Waals surface area (Å²) in [7, 11) is -7.64. The predicted molar refractivity (Wildman–Crippen MR) is 94.2 cm³/mol. The molecule has 1 rings (SSSR count). The van der Waals surface area contributed by atoms with Crippen LogP contribution in [0.2, 0.25) is 0 Å². The fourth-order valence-corrected chi connectivity index (χ4v) is 3.68. The smallest absolute Gasteiger partial charge is 0.265 e. The van der Waals surface area contributed by atoms with Crippen LogP contribution in [0.3, 0.4) is 0 Å². The van der Waals surface area contributed by atoms with Crippen LogP contribution in [0.4, 0.5) is 0 Å². The van der Waals surface area contributed by atoms with Gasteiger partial charge in [0, 0.05) is 6.54 Å². The van der Waals surface area contributed by atoms with E-state index in [-0.39, 0.29) is 23.0 Å².